The molecule has 0 bridgehead atoms. The Kier molecular flexibility index (Phi) is 4.80. The number of aromatic nitrogens is 1. The highest BCUT2D eigenvalue weighted by Gasteiger charge is 2.08. The van der Waals surface area contributed by atoms with Crippen LogP contribution in [0.5, 0.6) is 0 Å². The molecule has 4 heteroatoms. The number of nitrogen functional groups attached to an aromatic ring is 1. The Labute approximate surface area is 122 Å². The van der Waals surface area contributed by atoms with E-state index in [-0.39, 0.29) is 0 Å². The molecule has 0 radical (unpaired) electrons. The summed E-state index contributed by atoms with van der Waals surface area (Å²) in [7, 11) is 0. The first-order valence-electron chi connectivity index (χ1n) is 6.40. The zero-order valence-electron chi connectivity index (χ0n) is 11.0. The predicted octanol–water partition coefficient (Wildman–Crippen LogP) is 3.84. The molecular formula is C15H18BrN3. The van der Waals surface area contributed by atoms with E-state index in [0.29, 0.717) is 0 Å². The Bertz CT molecular complexity index is 525. The van der Waals surface area contributed by atoms with Gasteiger partial charge in [0, 0.05) is 29.4 Å². The van der Waals surface area contributed by atoms with E-state index in [2.05, 4.69) is 38.8 Å². The van der Waals surface area contributed by atoms with Gasteiger partial charge in [0.25, 0.3) is 0 Å². The summed E-state index contributed by atoms with van der Waals surface area (Å²) in [5.41, 5.74) is 7.84. The lowest BCUT2D eigenvalue weighted by atomic mass is 10.2. The van der Waals surface area contributed by atoms with Crippen molar-refractivity contribution in [3.05, 3.63) is 52.6 Å². The van der Waals surface area contributed by atoms with Gasteiger partial charge in [0.15, 0.2) is 0 Å². The molecule has 0 saturated carbocycles. The monoisotopic (exact) mass is 319 g/mol. The number of halogens is 1. The number of hydrogen-bond donors (Lipinski definition) is 1. The van der Waals surface area contributed by atoms with Crippen molar-refractivity contribution in [1.82, 2.24) is 4.98 Å². The molecule has 1 aromatic heterocycles. The molecule has 0 unspecified atom stereocenters. The predicted molar refractivity (Wildman–Crippen MR) is 84.1 cm³/mol. The van der Waals surface area contributed by atoms with Gasteiger partial charge in [0.2, 0.25) is 0 Å². The molecule has 0 saturated heterocycles. The van der Waals surface area contributed by atoms with Crippen LogP contribution in [0.25, 0.3) is 0 Å². The number of anilines is 2. The number of hydrogen-bond acceptors (Lipinski definition) is 3. The fourth-order valence-electron chi connectivity index (χ4n) is 2.01. The molecule has 2 rings (SSSR count). The van der Waals surface area contributed by atoms with Crippen molar-refractivity contribution in [3.8, 4) is 0 Å². The summed E-state index contributed by atoms with van der Waals surface area (Å²) >= 11 is 3.41. The summed E-state index contributed by atoms with van der Waals surface area (Å²) in [6.45, 7) is 3.97. The minimum absolute atomic E-state index is 0.803. The molecular weight excluding hydrogens is 302 g/mol. The maximum absolute atomic E-state index is 5.83. The molecule has 0 aliphatic rings. The first kappa shape index (κ1) is 13.9. The van der Waals surface area contributed by atoms with Gasteiger partial charge < -0.3 is 10.6 Å². The molecule has 1 aromatic carbocycles. The van der Waals surface area contributed by atoms with Crippen molar-refractivity contribution in [2.45, 2.75) is 19.9 Å². The average Bonchev–Trinajstić information content (AvgIpc) is 2.39. The maximum atomic E-state index is 5.83. The van der Waals surface area contributed by atoms with E-state index in [1.165, 1.54) is 5.56 Å². The summed E-state index contributed by atoms with van der Waals surface area (Å²) < 4.78 is 0.997. The quantitative estimate of drug-likeness (QED) is 0.851. The Morgan fingerprint density at radius 2 is 2.11 bits per heavy atom. The van der Waals surface area contributed by atoms with Crippen molar-refractivity contribution >= 4 is 27.4 Å². The van der Waals surface area contributed by atoms with Crippen LogP contribution < -0.4 is 10.6 Å². The Hall–Kier alpha value is -1.55. The lowest BCUT2D eigenvalue weighted by Crippen LogP contribution is -2.24. The second-order valence-corrected chi connectivity index (χ2v) is 5.42. The lowest BCUT2D eigenvalue weighted by Gasteiger charge is -2.23. The molecule has 0 amide bonds. The first-order chi connectivity index (χ1) is 9.19. The second kappa shape index (κ2) is 6.57. The van der Waals surface area contributed by atoms with E-state index < -0.39 is 0 Å². The van der Waals surface area contributed by atoms with Crippen LogP contribution in [0, 0.1) is 0 Å². The molecule has 0 aliphatic carbocycles. The highest BCUT2D eigenvalue weighted by Crippen LogP contribution is 2.18. The van der Waals surface area contributed by atoms with Crippen LogP contribution in [-0.4, -0.2) is 11.5 Å². The molecule has 0 atom stereocenters. The van der Waals surface area contributed by atoms with E-state index in [9.17, 15) is 0 Å². The molecule has 1 heterocycles. The smallest absolute Gasteiger partial charge is 0.128 e. The van der Waals surface area contributed by atoms with Crippen molar-refractivity contribution in [3.63, 3.8) is 0 Å². The third-order valence-electron chi connectivity index (χ3n) is 2.85. The molecule has 100 valence electrons. The van der Waals surface area contributed by atoms with E-state index in [1.54, 1.807) is 0 Å². The normalized spacial score (nSPS) is 10.4. The van der Waals surface area contributed by atoms with Crippen molar-refractivity contribution in [1.29, 1.82) is 0 Å². The SMILES string of the molecule is CCCN(Cc1cccc(N)c1)c1ccc(Br)cn1. The number of pyridine rings is 1. The molecule has 0 fully saturated rings. The minimum atomic E-state index is 0.803. The Morgan fingerprint density at radius 1 is 1.26 bits per heavy atom. The van der Waals surface area contributed by atoms with Crippen LogP contribution in [0.4, 0.5) is 11.5 Å². The molecule has 2 aromatic rings. The average molecular weight is 320 g/mol. The number of nitrogens with zero attached hydrogens (tertiary/aromatic N) is 2. The van der Waals surface area contributed by atoms with Gasteiger partial charge in [0.1, 0.15) is 5.82 Å². The van der Waals surface area contributed by atoms with Crippen molar-refractivity contribution in [2.24, 2.45) is 0 Å². The zero-order chi connectivity index (χ0) is 13.7. The van der Waals surface area contributed by atoms with Crippen LogP contribution in [0.2, 0.25) is 0 Å². The number of rotatable bonds is 5. The van der Waals surface area contributed by atoms with Gasteiger partial charge in [0.05, 0.1) is 0 Å². The van der Waals surface area contributed by atoms with Gasteiger partial charge in [-0.3, -0.25) is 0 Å². The minimum Gasteiger partial charge on any atom is -0.399 e. The van der Waals surface area contributed by atoms with Gasteiger partial charge in [-0.2, -0.15) is 0 Å². The van der Waals surface area contributed by atoms with Crippen LogP contribution in [0.1, 0.15) is 18.9 Å². The summed E-state index contributed by atoms with van der Waals surface area (Å²) in [4.78, 5) is 6.73. The summed E-state index contributed by atoms with van der Waals surface area (Å²) in [5.74, 6) is 0.993. The fourth-order valence-corrected chi connectivity index (χ4v) is 2.25. The fraction of sp³-hybridized carbons (Fsp3) is 0.267. The van der Waals surface area contributed by atoms with E-state index in [4.69, 9.17) is 5.73 Å². The third kappa shape index (κ3) is 3.96. The lowest BCUT2D eigenvalue weighted by molar-refractivity contribution is 0.755. The highest BCUT2D eigenvalue weighted by atomic mass is 79.9. The first-order valence-corrected chi connectivity index (χ1v) is 7.19. The summed E-state index contributed by atoms with van der Waals surface area (Å²) in [6, 6.07) is 12.1. The van der Waals surface area contributed by atoms with Crippen LogP contribution in [0.15, 0.2) is 47.1 Å². The molecule has 2 N–H and O–H groups in total. The number of benzene rings is 1. The van der Waals surface area contributed by atoms with E-state index in [0.717, 1.165) is 35.5 Å². The second-order valence-electron chi connectivity index (χ2n) is 4.50. The van der Waals surface area contributed by atoms with Crippen molar-refractivity contribution in [2.75, 3.05) is 17.2 Å². The van der Waals surface area contributed by atoms with Crippen molar-refractivity contribution < 1.29 is 0 Å². The summed E-state index contributed by atoms with van der Waals surface area (Å²) in [6.07, 6.45) is 2.91. The molecule has 19 heavy (non-hydrogen) atoms. The van der Waals surface area contributed by atoms with Gasteiger partial charge in [-0.25, -0.2) is 4.98 Å². The van der Waals surface area contributed by atoms with Crippen LogP contribution in [-0.2, 0) is 6.54 Å². The third-order valence-corrected chi connectivity index (χ3v) is 3.32. The van der Waals surface area contributed by atoms with Crippen LogP contribution in [0.3, 0.4) is 0 Å². The zero-order valence-corrected chi connectivity index (χ0v) is 12.6. The highest BCUT2D eigenvalue weighted by molar-refractivity contribution is 9.10. The van der Waals surface area contributed by atoms with E-state index >= 15 is 0 Å². The molecule has 0 aliphatic heterocycles. The van der Waals surface area contributed by atoms with Gasteiger partial charge in [-0.05, 0) is 52.2 Å². The van der Waals surface area contributed by atoms with E-state index in [1.807, 2.05) is 36.5 Å². The van der Waals surface area contributed by atoms with Crippen LogP contribution >= 0.6 is 15.9 Å². The summed E-state index contributed by atoms with van der Waals surface area (Å²) in [5, 5.41) is 0. The molecule has 3 nitrogen and oxygen atoms in total. The van der Waals surface area contributed by atoms with Gasteiger partial charge in [-0.15, -0.1) is 0 Å². The van der Waals surface area contributed by atoms with Gasteiger partial charge >= 0.3 is 0 Å². The number of nitrogens with two attached hydrogens (primary N) is 1. The van der Waals surface area contributed by atoms with Gasteiger partial charge in [-0.1, -0.05) is 19.1 Å². The molecule has 0 spiro atoms. The topological polar surface area (TPSA) is 42.1 Å². The maximum Gasteiger partial charge on any atom is 0.128 e. The standard InChI is InChI=1S/C15H18BrN3/c1-2-8-19(15-7-6-13(16)10-18-15)11-12-4-3-5-14(17)9-12/h3-7,9-10H,2,8,11,17H2,1H3. The largest absolute Gasteiger partial charge is 0.399 e. The Morgan fingerprint density at radius 3 is 2.74 bits per heavy atom. The Balaban J connectivity index is 2.18.